The third-order valence-corrected chi connectivity index (χ3v) is 3.79. The summed E-state index contributed by atoms with van der Waals surface area (Å²) in [6.07, 6.45) is 0. The fraction of sp³-hybridized carbons (Fsp3) is 0.538. The molecular formula is C13H17F2NO2. The Morgan fingerprint density at radius 2 is 2.06 bits per heavy atom. The SMILES string of the molecule is COc1cc(F)c(C2(C(C)CN)COC2)cc1F. The van der Waals surface area contributed by atoms with E-state index in [4.69, 9.17) is 15.2 Å². The molecule has 1 aliphatic rings. The van der Waals surface area contributed by atoms with Gasteiger partial charge in [0.05, 0.1) is 20.3 Å². The zero-order chi connectivity index (χ0) is 13.3. The van der Waals surface area contributed by atoms with E-state index in [1.54, 1.807) is 0 Å². The number of methoxy groups -OCH3 is 1. The van der Waals surface area contributed by atoms with Gasteiger partial charge in [-0.2, -0.15) is 0 Å². The minimum atomic E-state index is -0.565. The van der Waals surface area contributed by atoms with E-state index in [2.05, 4.69) is 0 Å². The quantitative estimate of drug-likeness (QED) is 0.895. The van der Waals surface area contributed by atoms with Crippen LogP contribution in [0.1, 0.15) is 12.5 Å². The summed E-state index contributed by atoms with van der Waals surface area (Å²) < 4.78 is 37.8. The van der Waals surface area contributed by atoms with E-state index >= 15 is 0 Å². The van der Waals surface area contributed by atoms with Crippen molar-refractivity contribution in [3.8, 4) is 5.75 Å². The Morgan fingerprint density at radius 3 is 2.50 bits per heavy atom. The van der Waals surface area contributed by atoms with Crippen LogP contribution in [0.25, 0.3) is 0 Å². The first-order chi connectivity index (χ1) is 8.55. The van der Waals surface area contributed by atoms with Crippen molar-refractivity contribution in [2.45, 2.75) is 12.3 Å². The number of rotatable bonds is 4. The Balaban J connectivity index is 2.46. The van der Waals surface area contributed by atoms with Crippen LogP contribution in [0.5, 0.6) is 5.75 Å². The van der Waals surface area contributed by atoms with Gasteiger partial charge in [-0.05, 0) is 18.5 Å². The molecule has 1 saturated heterocycles. The zero-order valence-corrected chi connectivity index (χ0v) is 10.5. The molecule has 5 heteroatoms. The Hall–Kier alpha value is -1.20. The third kappa shape index (κ3) is 1.87. The largest absolute Gasteiger partial charge is 0.494 e. The van der Waals surface area contributed by atoms with E-state index in [-0.39, 0.29) is 11.7 Å². The molecule has 0 saturated carbocycles. The number of benzene rings is 1. The number of hydrogen-bond acceptors (Lipinski definition) is 3. The predicted molar refractivity (Wildman–Crippen MR) is 63.6 cm³/mol. The van der Waals surface area contributed by atoms with Gasteiger partial charge in [0.25, 0.3) is 0 Å². The Kier molecular flexibility index (Phi) is 3.54. The zero-order valence-electron chi connectivity index (χ0n) is 10.5. The first-order valence-electron chi connectivity index (χ1n) is 5.86. The second-order valence-electron chi connectivity index (χ2n) is 4.75. The highest BCUT2D eigenvalue weighted by Crippen LogP contribution is 2.41. The van der Waals surface area contributed by atoms with Gasteiger partial charge in [-0.3, -0.25) is 0 Å². The summed E-state index contributed by atoms with van der Waals surface area (Å²) in [6.45, 7) is 3.06. The lowest BCUT2D eigenvalue weighted by atomic mass is 9.69. The van der Waals surface area contributed by atoms with Gasteiger partial charge >= 0.3 is 0 Å². The molecule has 0 radical (unpaired) electrons. The number of nitrogens with two attached hydrogens (primary N) is 1. The summed E-state index contributed by atoms with van der Waals surface area (Å²) in [6, 6.07) is 2.27. The van der Waals surface area contributed by atoms with Crippen molar-refractivity contribution in [1.82, 2.24) is 0 Å². The highest BCUT2D eigenvalue weighted by atomic mass is 19.1. The first-order valence-corrected chi connectivity index (χ1v) is 5.86. The van der Waals surface area contributed by atoms with Crippen molar-refractivity contribution in [3.63, 3.8) is 0 Å². The van der Waals surface area contributed by atoms with Gasteiger partial charge in [-0.15, -0.1) is 0 Å². The number of hydrogen-bond donors (Lipinski definition) is 1. The average molecular weight is 257 g/mol. The van der Waals surface area contributed by atoms with E-state index in [0.29, 0.717) is 25.3 Å². The van der Waals surface area contributed by atoms with Crippen LogP contribution in [0.2, 0.25) is 0 Å². The number of ether oxygens (including phenoxy) is 2. The van der Waals surface area contributed by atoms with Crippen molar-refractivity contribution in [2.24, 2.45) is 11.7 Å². The Bertz CT molecular complexity index is 447. The van der Waals surface area contributed by atoms with Gasteiger partial charge in [0.1, 0.15) is 5.82 Å². The van der Waals surface area contributed by atoms with Gasteiger partial charge in [0.2, 0.25) is 0 Å². The molecule has 0 spiro atoms. The van der Waals surface area contributed by atoms with E-state index in [1.165, 1.54) is 13.2 Å². The molecule has 2 rings (SSSR count). The van der Waals surface area contributed by atoms with Crippen LogP contribution in [-0.4, -0.2) is 26.9 Å². The molecule has 1 heterocycles. The van der Waals surface area contributed by atoms with E-state index < -0.39 is 17.0 Å². The van der Waals surface area contributed by atoms with Gasteiger partial charge in [-0.1, -0.05) is 6.92 Å². The van der Waals surface area contributed by atoms with Crippen LogP contribution in [-0.2, 0) is 10.2 Å². The Morgan fingerprint density at radius 1 is 1.39 bits per heavy atom. The molecule has 0 amide bonds. The summed E-state index contributed by atoms with van der Waals surface area (Å²) in [5.41, 5.74) is 5.45. The predicted octanol–water partition coefficient (Wildman–Crippen LogP) is 1.84. The lowest BCUT2D eigenvalue weighted by Gasteiger charge is -2.46. The molecule has 1 aromatic rings. The molecule has 1 fully saturated rings. The van der Waals surface area contributed by atoms with Crippen LogP contribution in [0.3, 0.4) is 0 Å². The van der Waals surface area contributed by atoms with Crippen LogP contribution in [0.15, 0.2) is 12.1 Å². The Labute approximate surface area is 105 Å². The van der Waals surface area contributed by atoms with Crippen LogP contribution in [0.4, 0.5) is 8.78 Å². The maximum absolute atomic E-state index is 14.1. The molecule has 1 atom stereocenters. The molecular weight excluding hydrogens is 240 g/mol. The van der Waals surface area contributed by atoms with Crippen molar-refractivity contribution in [2.75, 3.05) is 26.9 Å². The number of halogens is 2. The monoisotopic (exact) mass is 257 g/mol. The van der Waals surface area contributed by atoms with E-state index in [1.807, 2.05) is 6.92 Å². The second-order valence-corrected chi connectivity index (χ2v) is 4.75. The molecule has 0 aliphatic carbocycles. The van der Waals surface area contributed by atoms with Crippen molar-refractivity contribution >= 4 is 0 Å². The standard InChI is InChI=1S/C13H17F2NO2/c1-8(5-16)13(6-18-7-13)9-3-11(15)12(17-2)4-10(9)14/h3-4,8H,5-7,16H2,1-2H3. The van der Waals surface area contributed by atoms with Crippen molar-refractivity contribution in [1.29, 1.82) is 0 Å². The summed E-state index contributed by atoms with van der Waals surface area (Å²) in [5, 5.41) is 0. The molecule has 1 aliphatic heterocycles. The van der Waals surface area contributed by atoms with Gasteiger partial charge < -0.3 is 15.2 Å². The molecule has 1 aromatic carbocycles. The fourth-order valence-electron chi connectivity index (χ4n) is 2.32. The minimum absolute atomic E-state index is 0.0218. The summed E-state index contributed by atoms with van der Waals surface area (Å²) in [5.74, 6) is -1.11. The molecule has 3 nitrogen and oxygen atoms in total. The maximum Gasteiger partial charge on any atom is 0.165 e. The van der Waals surface area contributed by atoms with Gasteiger partial charge in [-0.25, -0.2) is 8.78 Å². The second kappa shape index (κ2) is 4.82. The fourth-order valence-corrected chi connectivity index (χ4v) is 2.32. The third-order valence-electron chi connectivity index (χ3n) is 3.79. The summed E-state index contributed by atoms with van der Waals surface area (Å²) >= 11 is 0. The van der Waals surface area contributed by atoms with Crippen LogP contribution >= 0.6 is 0 Å². The molecule has 1 unspecified atom stereocenters. The summed E-state index contributed by atoms with van der Waals surface area (Å²) in [4.78, 5) is 0. The molecule has 100 valence electrons. The van der Waals surface area contributed by atoms with Crippen molar-refractivity contribution in [3.05, 3.63) is 29.3 Å². The van der Waals surface area contributed by atoms with Gasteiger partial charge in [0, 0.05) is 17.0 Å². The highest BCUT2D eigenvalue weighted by molar-refractivity contribution is 5.37. The van der Waals surface area contributed by atoms with E-state index in [0.717, 1.165) is 6.07 Å². The van der Waals surface area contributed by atoms with E-state index in [9.17, 15) is 8.78 Å². The normalized spacial score (nSPS) is 19.2. The molecule has 0 aromatic heterocycles. The average Bonchev–Trinajstić information content (AvgIpc) is 2.31. The molecule has 0 bridgehead atoms. The smallest absolute Gasteiger partial charge is 0.165 e. The lowest BCUT2D eigenvalue weighted by molar-refractivity contribution is -0.0871. The lowest BCUT2D eigenvalue weighted by Crippen LogP contribution is -2.54. The maximum atomic E-state index is 14.1. The minimum Gasteiger partial charge on any atom is -0.494 e. The molecule has 18 heavy (non-hydrogen) atoms. The van der Waals surface area contributed by atoms with Crippen molar-refractivity contribution < 1.29 is 18.3 Å². The van der Waals surface area contributed by atoms with Crippen LogP contribution < -0.4 is 10.5 Å². The van der Waals surface area contributed by atoms with Gasteiger partial charge in [0.15, 0.2) is 11.6 Å². The highest BCUT2D eigenvalue weighted by Gasteiger charge is 2.46. The first kappa shape index (κ1) is 13.2. The molecule has 2 N–H and O–H groups in total. The topological polar surface area (TPSA) is 44.5 Å². The summed E-state index contributed by atoms with van der Waals surface area (Å²) in [7, 11) is 1.31. The van der Waals surface area contributed by atoms with Crippen LogP contribution in [0, 0.1) is 17.6 Å².